The molecule has 0 bridgehead atoms. The van der Waals surface area contributed by atoms with Gasteiger partial charge in [-0.15, -0.1) is 0 Å². The molecule has 2 N–H and O–H groups in total. The largest absolute Gasteiger partial charge is 0.476 e. The Hall–Kier alpha value is -4.02. The van der Waals surface area contributed by atoms with Crippen molar-refractivity contribution in [2.75, 3.05) is 23.4 Å². The summed E-state index contributed by atoms with van der Waals surface area (Å²) in [5.41, 5.74) is 3.07. The van der Waals surface area contributed by atoms with Crippen LogP contribution in [0.4, 0.5) is 17.6 Å². The van der Waals surface area contributed by atoms with Gasteiger partial charge in [-0.1, -0.05) is 12.1 Å². The maximum atomic E-state index is 5.69. The fourth-order valence-corrected chi connectivity index (χ4v) is 3.69. The fraction of sp³-hybridized carbons (Fsp3) is 0.364. The van der Waals surface area contributed by atoms with Gasteiger partial charge in [0.1, 0.15) is 11.5 Å². The summed E-state index contributed by atoms with van der Waals surface area (Å²) >= 11 is 0. The molecule has 0 radical (unpaired) electrons. The molecule has 170 valence electrons. The van der Waals surface area contributed by atoms with Crippen LogP contribution in [0.5, 0.6) is 5.88 Å². The van der Waals surface area contributed by atoms with Gasteiger partial charge < -0.3 is 19.5 Å². The number of nitrogens with one attached hydrogen (secondary N) is 2. The summed E-state index contributed by atoms with van der Waals surface area (Å²) in [4.78, 5) is 20.2. The third-order valence-electron chi connectivity index (χ3n) is 5.41. The van der Waals surface area contributed by atoms with Crippen molar-refractivity contribution in [2.45, 2.75) is 39.7 Å². The highest BCUT2D eigenvalue weighted by Crippen LogP contribution is 2.38. The van der Waals surface area contributed by atoms with E-state index in [0.717, 1.165) is 36.5 Å². The Morgan fingerprint density at radius 1 is 1.15 bits per heavy atom. The Bertz CT molecular complexity index is 1250. The Balaban J connectivity index is 1.40. The Morgan fingerprint density at radius 2 is 2.03 bits per heavy atom. The van der Waals surface area contributed by atoms with E-state index in [2.05, 4.69) is 42.5 Å². The molecule has 4 aromatic heterocycles. The zero-order valence-corrected chi connectivity index (χ0v) is 18.7. The van der Waals surface area contributed by atoms with Crippen LogP contribution in [-0.2, 0) is 6.42 Å². The molecule has 11 heteroatoms. The lowest BCUT2D eigenvalue weighted by Gasteiger charge is -2.39. The number of nitrogens with zero attached hydrogens (tertiary/aromatic N) is 7. The van der Waals surface area contributed by atoms with Gasteiger partial charge in [-0.25, -0.2) is 15.0 Å². The van der Waals surface area contributed by atoms with E-state index in [0.29, 0.717) is 41.5 Å². The molecule has 0 unspecified atom stereocenters. The number of aromatic nitrogens is 7. The van der Waals surface area contributed by atoms with Gasteiger partial charge in [-0.3, -0.25) is 5.10 Å². The van der Waals surface area contributed by atoms with Crippen LogP contribution >= 0.6 is 0 Å². The number of aryl methyl sites for hydroxylation is 2. The summed E-state index contributed by atoms with van der Waals surface area (Å²) in [6, 6.07) is 5.75. The second kappa shape index (κ2) is 8.85. The highest BCUT2D eigenvalue weighted by atomic mass is 16.5. The summed E-state index contributed by atoms with van der Waals surface area (Å²) in [6.07, 6.45) is 4.91. The average Bonchev–Trinajstić information content (AvgIpc) is 3.42. The van der Waals surface area contributed by atoms with Crippen LogP contribution in [0.15, 0.2) is 35.1 Å². The second-order valence-corrected chi connectivity index (χ2v) is 7.71. The highest BCUT2D eigenvalue weighted by Gasteiger charge is 2.35. The molecule has 1 aliphatic rings. The van der Waals surface area contributed by atoms with Crippen molar-refractivity contribution >= 4 is 17.6 Å². The second-order valence-electron chi connectivity index (χ2n) is 7.71. The molecule has 0 amide bonds. The van der Waals surface area contributed by atoms with Crippen LogP contribution in [0.3, 0.4) is 0 Å². The maximum Gasteiger partial charge on any atom is 0.242 e. The van der Waals surface area contributed by atoms with E-state index < -0.39 is 0 Å². The van der Waals surface area contributed by atoms with Crippen LogP contribution in [0.25, 0.3) is 11.4 Å². The molecule has 0 aliphatic carbocycles. The number of hydrogen-bond donors (Lipinski definition) is 2. The topological polar surface area (TPSA) is 131 Å². The first-order valence-electron chi connectivity index (χ1n) is 11.0. The Kier molecular flexibility index (Phi) is 5.59. The molecule has 1 fully saturated rings. The number of H-pyrrole nitrogens is 1. The quantitative estimate of drug-likeness (QED) is 0.413. The lowest BCUT2D eigenvalue weighted by molar-refractivity contribution is 0.314. The summed E-state index contributed by atoms with van der Waals surface area (Å²) in [7, 11) is 0. The lowest BCUT2D eigenvalue weighted by atomic mass is 10.0. The lowest BCUT2D eigenvalue weighted by Crippen LogP contribution is -2.42. The van der Waals surface area contributed by atoms with E-state index in [9.17, 15) is 0 Å². The molecule has 1 atom stereocenters. The van der Waals surface area contributed by atoms with Crippen molar-refractivity contribution in [3.8, 4) is 17.3 Å². The van der Waals surface area contributed by atoms with E-state index in [1.807, 2.05) is 32.0 Å². The van der Waals surface area contributed by atoms with Gasteiger partial charge in [-0.05, 0) is 26.7 Å². The number of rotatable bonds is 8. The molecular weight excluding hydrogens is 422 g/mol. The molecule has 5 rings (SSSR count). The van der Waals surface area contributed by atoms with Crippen molar-refractivity contribution in [1.29, 1.82) is 0 Å². The molecule has 0 saturated carbocycles. The zero-order chi connectivity index (χ0) is 22.8. The minimum Gasteiger partial charge on any atom is -0.476 e. The molecular formula is C22H25N9O2. The molecule has 4 aromatic rings. The molecule has 11 nitrogen and oxygen atoms in total. The van der Waals surface area contributed by atoms with Crippen molar-refractivity contribution in [3.63, 3.8) is 0 Å². The van der Waals surface area contributed by atoms with Gasteiger partial charge in [0, 0.05) is 48.5 Å². The minimum absolute atomic E-state index is 0.00829. The molecule has 0 spiro atoms. The SMILES string of the molecule is CCOc1nccnc1-c1cc([C@@H]2CCN2c2nc(CC)cc(Nc3cc(C)[nH]n3)n2)on1. The smallest absolute Gasteiger partial charge is 0.242 e. The zero-order valence-electron chi connectivity index (χ0n) is 18.7. The van der Waals surface area contributed by atoms with E-state index >= 15 is 0 Å². The molecule has 5 heterocycles. The highest BCUT2D eigenvalue weighted by molar-refractivity contribution is 5.60. The third-order valence-corrected chi connectivity index (χ3v) is 5.41. The average molecular weight is 448 g/mol. The molecule has 1 saturated heterocycles. The first-order valence-corrected chi connectivity index (χ1v) is 11.0. The summed E-state index contributed by atoms with van der Waals surface area (Å²) < 4.78 is 11.3. The van der Waals surface area contributed by atoms with E-state index in [1.54, 1.807) is 12.4 Å². The van der Waals surface area contributed by atoms with Crippen LogP contribution in [-0.4, -0.2) is 48.4 Å². The number of ether oxygens (including phenoxy) is 1. The predicted molar refractivity (Wildman–Crippen MR) is 121 cm³/mol. The monoisotopic (exact) mass is 447 g/mol. The van der Waals surface area contributed by atoms with E-state index in [-0.39, 0.29) is 6.04 Å². The standard InChI is InChI=1S/C22H25N9O2/c1-4-14-11-18(26-19-10-13(3)28-29-19)27-22(25-14)31-9-6-16(31)17-12-15(30-33-17)20-21(32-5-2)24-8-7-23-20/h7-8,10-12,16H,4-6,9H2,1-3H3,(H2,25,26,27,28,29)/t16-/m0/s1. The van der Waals surface area contributed by atoms with Crippen LogP contribution in [0.1, 0.15) is 43.5 Å². The van der Waals surface area contributed by atoms with Crippen molar-refractivity contribution in [3.05, 3.63) is 47.7 Å². The maximum absolute atomic E-state index is 5.69. The van der Waals surface area contributed by atoms with Gasteiger partial charge in [0.2, 0.25) is 11.8 Å². The van der Waals surface area contributed by atoms with Gasteiger partial charge in [-0.2, -0.15) is 10.1 Å². The van der Waals surface area contributed by atoms with Crippen molar-refractivity contribution in [1.82, 2.24) is 35.3 Å². The first-order chi connectivity index (χ1) is 16.1. The van der Waals surface area contributed by atoms with Crippen LogP contribution in [0.2, 0.25) is 0 Å². The number of aromatic amines is 1. The Morgan fingerprint density at radius 3 is 2.76 bits per heavy atom. The Labute approximate surface area is 190 Å². The number of hydrogen-bond acceptors (Lipinski definition) is 10. The fourth-order valence-electron chi connectivity index (χ4n) is 3.69. The van der Waals surface area contributed by atoms with Gasteiger partial charge in [0.15, 0.2) is 17.3 Å². The van der Waals surface area contributed by atoms with E-state index in [1.165, 1.54) is 0 Å². The summed E-state index contributed by atoms with van der Waals surface area (Å²) in [5.74, 6) is 3.23. The molecule has 0 aromatic carbocycles. The van der Waals surface area contributed by atoms with Crippen molar-refractivity contribution in [2.24, 2.45) is 0 Å². The van der Waals surface area contributed by atoms with Gasteiger partial charge in [0.25, 0.3) is 0 Å². The van der Waals surface area contributed by atoms with Gasteiger partial charge in [0.05, 0.1) is 12.6 Å². The van der Waals surface area contributed by atoms with Crippen molar-refractivity contribution < 1.29 is 9.26 Å². The normalized spacial score (nSPS) is 15.4. The minimum atomic E-state index is -0.00829. The van der Waals surface area contributed by atoms with Crippen LogP contribution < -0.4 is 15.0 Å². The molecule has 33 heavy (non-hydrogen) atoms. The third kappa shape index (κ3) is 4.21. The number of anilines is 3. The van der Waals surface area contributed by atoms with Gasteiger partial charge >= 0.3 is 0 Å². The molecule has 1 aliphatic heterocycles. The summed E-state index contributed by atoms with van der Waals surface area (Å²) in [6.45, 7) is 7.24. The van der Waals surface area contributed by atoms with Crippen LogP contribution in [0, 0.1) is 6.92 Å². The summed E-state index contributed by atoms with van der Waals surface area (Å²) in [5, 5.41) is 14.6. The predicted octanol–water partition coefficient (Wildman–Crippen LogP) is 3.61. The van der Waals surface area contributed by atoms with E-state index in [4.69, 9.17) is 19.2 Å². The first kappa shape index (κ1) is 20.9.